The Morgan fingerprint density at radius 3 is 2.48 bits per heavy atom. The Bertz CT molecular complexity index is 600. The molecular formula is C19H29F3N4O. The van der Waals surface area contributed by atoms with Gasteiger partial charge in [-0.05, 0) is 51.4 Å². The maximum atomic E-state index is 12.2. The van der Waals surface area contributed by atoms with Crippen LogP contribution in [0.2, 0.25) is 0 Å². The van der Waals surface area contributed by atoms with Gasteiger partial charge in [0, 0.05) is 25.2 Å². The van der Waals surface area contributed by atoms with Crippen LogP contribution in [0.1, 0.15) is 32.3 Å². The lowest BCUT2D eigenvalue weighted by molar-refractivity contribution is -0.153. The molecule has 1 aliphatic carbocycles. The molecular weight excluding hydrogens is 357 g/mol. The Morgan fingerprint density at radius 2 is 1.93 bits per heavy atom. The Kier molecular flexibility index (Phi) is 7.77. The first-order valence-electron chi connectivity index (χ1n) is 9.31. The number of likely N-dealkylation sites (N-methyl/N-ethyl adjacent to an activating group) is 1. The monoisotopic (exact) mass is 386 g/mol. The highest BCUT2D eigenvalue weighted by Gasteiger charge is 2.29. The van der Waals surface area contributed by atoms with Crippen LogP contribution < -0.4 is 15.4 Å². The fourth-order valence-corrected chi connectivity index (χ4v) is 2.60. The van der Waals surface area contributed by atoms with Crippen LogP contribution in [-0.2, 0) is 6.54 Å². The summed E-state index contributed by atoms with van der Waals surface area (Å²) >= 11 is 0. The molecule has 1 saturated carbocycles. The molecule has 27 heavy (non-hydrogen) atoms. The van der Waals surface area contributed by atoms with E-state index in [-0.39, 0.29) is 5.75 Å². The van der Waals surface area contributed by atoms with Crippen LogP contribution in [0.25, 0.3) is 0 Å². The van der Waals surface area contributed by atoms with E-state index in [4.69, 9.17) is 4.74 Å². The van der Waals surface area contributed by atoms with Crippen LogP contribution in [0, 0.1) is 0 Å². The van der Waals surface area contributed by atoms with Gasteiger partial charge in [-0.2, -0.15) is 13.2 Å². The van der Waals surface area contributed by atoms with Gasteiger partial charge in [0.05, 0.1) is 6.54 Å². The molecule has 1 aromatic carbocycles. The fourth-order valence-electron chi connectivity index (χ4n) is 2.60. The van der Waals surface area contributed by atoms with E-state index in [2.05, 4.69) is 34.5 Å². The van der Waals surface area contributed by atoms with Crippen molar-refractivity contribution in [2.24, 2.45) is 4.99 Å². The van der Waals surface area contributed by atoms with E-state index in [0.29, 0.717) is 18.6 Å². The first-order valence-corrected chi connectivity index (χ1v) is 9.31. The lowest BCUT2D eigenvalue weighted by Crippen LogP contribution is -2.45. The zero-order chi connectivity index (χ0) is 19.9. The predicted molar refractivity (Wildman–Crippen MR) is 101 cm³/mol. The van der Waals surface area contributed by atoms with Crippen molar-refractivity contribution in [2.45, 2.75) is 51.5 Å². The summed E-state index contributed by atoms with van der Waals surface area (Å²) in [5, 5.41) is 6.56. The summed E-state index contributed by atoms with van der Waals surface area (Å²) in [4.78, 5) is 6.93. The molecule has 0 spiro atoms. The summed E-state index contributed by atoms with van der Waals surface area (Å²) in [6.07, 6.45) is -1.78. The number of hydrogen-bond donors (Lipinski definition) is 2. The second-order valence-electron chi connectivity index (χ2n) is 6.87. The summed E-state index contributed by atoms with van der Waals surface area (Å²) in [6, 6.07) is 7.63. The van der Waals surface area contributed by atoms with Crippen molar-refractivity contribution in [1.82, 2.24) is 15.5 Å². The molecule has 0 radical (unpaired) electrons. The Balaban J connectivity index is 1.83. The molecule has 8 heteroatoms. The molecule has 1 atom stereocenters. The van der Waals surface area contributed by atoms with E-state index in [1.165, 1.54) is 25.0 Å². The van der Waals surface area contributed by atoms with E-state index < -0.39 is 12.8 Å². The lowest BCUT2D eigenvalue weighted by atomic mass is 10.2. The van der Waals surface area contributed by atoms with Gasteiger partial charge in [0.2, 0.25) is 0 Å². The minimum absolute atomic E-state index is 0.196. The van der Waals surface area contributed by atoms with Crippen molar-refractivity contribution in [3.63, 3.8) is 0 Å². The van der Waals surface area contributed by atoms with Crippen molar-refractivity contribution < 1.29 is 17.9 Å². The summed E-state index contributed by atoms with van der Waals surface area (Å²) in [7, 11) is 2.15. The number of aliphatic imine (C=N–C) groups is 1. The fraction of sp³-hybridized carbons (Fsp3) is 0.632. The largest absolute Gasteiger partial charge is 0.484 e. The van der Waals surface area contributed by atoms with Gasteiger partial charge in [0.25, 0.3) is 0 Å². The summed E-state index contributed by atoms with van der Waals surface area (Å²) in [5.74, 6) is 0.924. The number of halogens is 3. The molecule has 0 aromatic heterocycles. The second kappa shape index (κ2) is 9.82. The third-order valence-corrected chi connectivity index (χ3v) is 4.47. The van der Waals surface area contributed by atoms with Crippen LogP contribution in [0.3, 0.4) is 0 Å². The topological polar surface area (TPSA) is 48.9 Å². The van der Waals surface area contributed by atoms with Gasteiger partial charge in [-0.1, -0.05) is 12.1 Å². The number of hydrogen-bond acceptors (Lipinski definition) is 3. The molecule has 0 saturated heterocycles. The lowest BCUT2D eigenvalue weighted by Gasteiger charge is -2.25. The Hall–Kier alpha value is -1.96. The van der Waals surface area contributed by atoms with Crippen molar-refractivity contribution in [3.8, 4) is 5.75 Å². The van der Waals surface area contributed by atoms with Crippen LogP contribution in [0.4, 0.5) is 13.2 Å². The number of benzene rings is 1. The van der Waals surface area contributed by atoms with Crippen molar-refractivity contribution in [1.29, 1.82) is 0 Å². The zero-order valence-corrected chi connectivity index (χ0v) is 16.1. The number of alkyl halides is 3. The molecule has 1 aromatic rings. The SMILES string of the molecule is CCNC(=NCc1ccc(OCC(F)(F)F)cc1)NCC(C)N(C)C1CC1. The molecule has 0 amide bonds. The summed E-state index contributed by atoms with van der Waals surface area (Å²) < 4.78 is 41.2. The quantitative estimate of drug-likeness (QED) is 0.506. The molecule has 0 bridgehead atoms. The van der Waals surface area contributed by atoms with Gasteiger partial charge in [-0.3, -0.25) is 4.90 Å². The van der Waals surface area contributed by atoms with Crippen LogP contribution >= 0.6 is 0 Å². The first-order chi connectivity index (χ1) is 12.8. The van der Waals surface area contributed by atoms with Gasteiger partial charge < -0.3 is 15.4 Å². The van der Waals surface area contributed by atoms with Crippen LogP contribution in [0.5, 0.6) is 5.75 Å². The molecule has 1 fully saturated rings. The van der Waals surface area contributed by atoms with Crippen molar-refractivity contribution in [3.05, 3.63) is 29.8 Å². The molecule has 1 aliphatic rings. The van der Waals surface area contributed by atoms with Crippen molar-refractivity contribution >= 4 is 5.96 Å². The Labute approximate surface area is 159 Å². The zero-order valence-electron chi connectivity index (χ0n) is 16.1. The summed E-state index contributed by atoms with van der Waals surface area (Å²) in [6.45, 7) is 4.89. The average Bonchev–Trinajstić information content (AvgIpc) is 3.46. The number of nitrogens with zero attached hydrogens (tertiary/aromatic N) is 2. The van der Waals surface area contributed by atoms with Crippen molar-refractivity contribution in [2.75, 3.05) is 26.7 Å². The van der Waals surface area contributed by atoms with Gasteiger partial charge >= 0.3 is 6.18 Å². The number of guanidine groups is 1. The third kappa shape index (κ3) is 8.07. The van der Waals surface area contributed by atoms with E-state index in [1.54, 1.807) is 12.1 Å². The Morgan fingerprint density at radius 1 is 1.26 bits per heavy atom. The first kappa shape index (κ1) is 21.3. The molecule has 152 valence electrons. The van der Waals surface area contributed by atoms with Gasteiger partial charge in [-0.25, -0.2) is 4.99 Å². The standard InChI is InChI=1S/C19H29F3N4O/c1-4-23-18(24-11-14(2)26(3)16-7-8-16)25-12-15-5-9-17(10-6-15)27-13-19(20,21)22/h5-6,9-10,14,16H,4,7-8,11-13H2,1-3H3,(H2,23,24,25). The van der Waals surface area contributed by atoms with E-state index in [9.17, 15) is 13.2 Å². The highest BCUT2D eigenvalue weighted by molar-refractivity contribution is 5.79. The van der Waals surface area contributed by atoms with Crippen LogP contribution in [-0.4, -0.2) is 55.9 Å². The third-order valence-electron chi connectivity index (χ3n) is 4.47. The molecule has 0 aliphatic heterocycles. The predicted octanol–water partition coefficient (Wildman–Crippen LogP) is 3.17. The van der Waals surface area contributed by atoms with Gasteiger partial charge in [-0.15, -0.1) is 0 Å². The highest BCUT2D eigenvalue weighted by atomic mass is 19.4. The number of nitrogens with one attached hydrogen (secondary N) is 2. The number of rotatable bonds is 9. The van der Waals surface area contributed by atoms with Crippen LogP contribution in [0.15, 0.2) is 29.3 Å². The van der Waals surface area contributed by atoms with E-state index in [0.717, 1.165) is 24.6 Å². The average molecular weight is 386 g/mol. The van der Waals surface area contributed by atoms with E-state index >= 15 is 0 Å². The molecule has 1 unspecified atom stereocenters. The molecule has 0 heterocycles. The minimum atomic E-state index is -4.33. The summed E-state index contributed by atoms with van der Waals surface area (Å²) in [5.41, 5.74) is 0.898. The van der Waals surface area contributed by atoms with E-state index in [1.807, 2.05) is 6.92 Å². The smallest absolute Gasteiger partial charge is 0.422 e. The number of ether oxygens (including phenoxy) is 1. The van der Waals surface area contributed by atoms with Gasteiger partial charge in [0.1, 0.15) is 5.75 Å². The molecule has 5 nitrogen and oxygen atoms in total. The molecule has 2 rings (SSSR count). The second-order valence-corrected chi connectivity index (χ2v) is 6.87. The molecule has 2 N–H and O–H groups in total. The normalized spacial score (nSPS) is 16.3. The highest BCUT2D eigenvalue weighted by Crippen LogP contribution is 2.26. The maximum absolute atomic E-state index is 12.2. The maximum Gasteiger partial charge on any atom is 0.422 e. The van der Waals surface area contributed by atoms with Gasteiger partial charge in [0.15, 0.2) is 12.6 Å². The minimum Gasteiger partial charge on any atom is -0.484 e.